The Balaban J connectivity index is 0. The van der Waals surface area contributed by atoms with Crippen LogP contribution in [0.3, 0.4) is 0 Å². The summed E-state index contributed by atoms with van der Waals surface area (Å²) in [6, 6.07) is 5.20. The van der Waals surface area contributed by atoms with E-state index in [-0.39, 0.29) is 42.3 Å². The van der Waals surface area contributed by atoms with Gasteiger partial charge in [-0.15, -0.1) is 0 Å². The van der Waals surface area contributed by atoms with Crippen molar-refractivity contribution in [3.63, 3.8) is 0 Å². The molecule has 1 rings (SSSR count). The molecule has 0 radical (unpaired) electrons. The zero-order chi connectivity index (χ0) is 10.8. The van der Waals surface area contributed by atoms with E-state index >= 15 is 0 Å². The Kier molecular flexibility index (Phi) is 5.51. The van der Waals surface area contributed by atoms with Crippen LogP contribution >= 0.6 is 7.82 Å². The molecule has 15 heavy (non-hydrogen) atoms. The van der Waals surface area contributed by atoms with E-state index in [1.54, 1.807) is 0 Å². The molecule has 1 aromatic rings. The monoisotopic (exact) mass is 242 g/mol. The fourth-order valence-corrected chi connectivity index (χ4v) is 1.27. The van der Waals surface area contributed by atoms with Crippen molar-refractivity contribution < 1.29 is 59.8 Å². The maximum atomic E-state index is 10.6. The van der Waals surface area contributed by atoms with Crippen LogP contribution in [0, 0.1) is 0 Å². The molecule has 0 aliphatic heterocycles. The Labute approximate surface area is 109 Å². The van der Waals surface area contributed by atoms with Gasteiger partial charge in [-0.3, -0.25) is 9.79 Å². The number of aromatic carboxylic acids is 1. The molecule has 0 aliphatic carbocycles. The smallest absolute Gasteiger partial charge is 1.00 e. The van der Waals surface area contributed by atoms with Gasteiger partial charge in [0.05, 0.1) is 0 Å². The van der Waals surface area contributed by atoms with Crippen LogP contribution in [0.1, 0.15) is 11.8 Å². The van der Waals surface area contributed by atoms with Gasteiger partial charge >= 0.3 is 43.3 Å². The van der Waals surface area contributed by atoms with Gasteiger partial charge in [-0.05, 0) is 12.1 Å². The Bertz CT molecular complexity index is 406. The number of benzene rings is 1. The SMILES string of the molecule is O=C(O)c1ccccc1OP(=O)(O)O.[H-].[Na+]. The zero-order valence-corrected chi connectivity index (χ0v) is 10.7. The summed E-state index contributed by atoms with van der Waals surface area (Å²) in [5, 5.41) is 8.63. The minimum Gasteiger partial charge on any atom is -1.00 e. The first-order valence-corrected chi connectivity index (χ1v) is 5.00. The Morgan fingerprint density at radius 1 is 1.33 bits per heavy atom. The number of carboxylic acids is 1. The summed E-state index contributed by atoms with van der Waals surface area (Å²) in [4.78, 5) is 27.5. The summed E-state index contributed by atoms with van der Waals surface area (Å²) in [7, 11) is -4.72. The van der Waals surface area contributed by atoms with Crippen molar-refractivity contribution in [2.24, 2.45) is 0 Å². The van der Waals surface area contributed by atoms with Crippen LogP contribution in [-0.2, 0) is 4.57 Å². The second kappa shape index (κ2) is 5.65. The van der Waals surface area contributed by atoms with Crippen molar-refractivity contribution in [3.8, 4) is 5.75 Å². The summed E-state index contributed by atoms with van der Waals surface area (Å²) < 4.78 is 14.6. The van der Waals surface area contributed by atoms with Crippen molar-refractivity contribution in [1.29, 1.82) is 0 Å². The topological polar surface area (TPSA) is 104 Å². The van der Waals surface area contributed by atoms with Gasteiger partial charge in [-0.25, -0.2) is 9.36 Å². The summed E-state index contributed by atoms with van der Waals surface area (Å²) in [5.74, 6) is -1.66. The van der Waals surface area contributed by atoms with Crippen molar-refractivity contribution in [2.75, 3.05) is 0 Å². The van der Waals surface area contributed by atoms with Crippen LogP contribution in [0.4, 0.5) is 0 Å². The molecule has 0 spiro atoms. The van der Waals surface area contributed by atoms with E-state index in [1.807, 2.05) is 0 Å². The van der Waals surface area contributed by atoms with Crippen molar-refractivity contribution >= 4 is 13.8 Å². The molecule has 78 valence electrons. The second-order valence-corrected chi connectivity index (χ2v) is 3.55. The number of hydrogen-bond donors (Lipinski definition) is 3. The van der Waals surface area contributed by atoms with Gasteiger partial charge in [0.1, 0.15) is 11.3 Å². The molecule has 0 aliphatic rings. The molecule has 1 aromatic carbocycles. The number of phosphoric ester groups is 1. The Morgan fingerprint density at radius 3 is 2.33 bits per heavy atom. The molecule has 0 heterocycles. The molecule has 0 fully saturated rings. The number of rotatable bonds is 3. The minimum atomic E-state index is -4.72. The maximum Gasteiger partial charge on any atom is 1.00 e. The van der Waals surface area contributed by atoms with Crippen LogP contribution in [0.15, 0.2) is 24.3 Å². The first-order valence-electron chi connectivity index (χ1n) is 3.47. The van der Waals surface area contributed by atoms with Crippen molar-refractivity contribution in [2.45, 2.75) is 0 Å². The van der Waals surface area contributed by atoms with E-state index < -0.39 is 13.8 Å². The third-order valence-corrected chi connectivity index (χ3v) is 1.77. The van der Waals surface area contributed by atoms with Crippen LogP contribution < -0.4 is 34.1 Å². The molecule has 6 nitrogen and oxygen atoms in total. The molecule has 0 atom stereocenters. The second-order valence-electron chi connectivity index (χ2n) is 2.38. The van der Waals surface area contributed by atoms with Gasteiger partial charge in [0.15, 0.2) is 0 Å². The van der Waals surface area contributed by atoms with E-state index in [4.69, 9.17) is 14.9 Å². The van der Waals surface area contributed by atoms with Gasteiger partial charge in [0.2, 0.25) is 0 Å². The number of carboxylic acid groups (broad SMARTS) is 1. The summed E-state index contributed by atoms with van der Waals surface area (Å²) in [6.45, 7) is 0. The van der Waals surface area contributed by atoms with Gasteiger partial charge in [-0.1, -0.05) is 12.1 Å². The first kappa shape index (κ1) is 14.6. The molecular formula is C7H8NaO6P. The van der Waals surface area contributed by atoms with Gasteiger partial charge < -0.3 is 11.1 Å². The third-order valence-electron chi connectivity index (χ3n) is 1.33. The molecule has 0 unspecified atom stereocenters. The fourth-order valence-electron chi connectivity index (χ4n) is 0.851. The van der Waals surface area contributed by atoms with Crippen LogP contribution in [0.5, 0.6) is 5.75 Å². The molecule has 8 heteroatoms. The predicted octanol–water partition coefficient (Wildman–Crippen LogP) is -2.03. The van der Waals surface area contributed by atoms with Gasteiger partial charge in [0.25, 0.3) is 0 Å². The normalized spacial score (nSPS) is 10.3. The van der Waals surface area contributed by atoms with Crippen molar-refractivity contribution in [1.82, 2.24) is 0 Å². The van der Waals surface area contributed by atoms with Gasteiger partial charge in [-0.2, -0.15) is 0 Å². The average Bonchev–Trinajstić information content (AvgIpc) is 2.01. The van der Waals surface area contributed by atoms with Crippen LogP contribution in [0.2, 0.25) is 0 Å². The average molecular weight is 242 g/mol. The van der Waals surface area contributed by atoms with Crippen molar-refractivity contribution in [3.05, 3.63) is 29.8 Å². The Morgan fingerprint density at radius 2 is 1.87 bits per heavy atom. The zero-order valence-electron chi connectivity index (χ0n) is 8.82. The molecule has 0 amide bonds. The molecule has 0 saturated heterocycles. The largest absolute Gasteiger partial charge is 1.00 e. The standard InChI is InChI=1S/C7H7O6P.Na.H/c8-7(9)5-3-1-2-4-6(5)13-14(10,11)12;;/h1-4H,(H,8,9)(H2,10,11,12);;/q;+1;-1. The molecule has 0 bridgehead atoms. The van der Waals surface area contributed by atoms with E-state index in [9.17, 15) is 9.36 Å². The maximum absolute atomic E-state index is 10.6. The summed E-state index contributed by atoms with van der Waals surface area (Å²) >= 11 is 0. The molecule has 0 saturated carbocycles. The van der Waals surface area contributed by atoms with E-state index in [1.165, 1.54) is 24.3 Å². The minimum absolute atomic E-state index is 0. The van der Waals surface area contributed by atoms with Gasteiger partial charge in [0, 0.05) is 0 Å². The van der Waals surface area contributed by atoms with E-state index in [0.29, 0.717) is 0 Å². The number of hydrogen-bond acceptors (Lipinski definition) is 3. The quantitative estimate of drug-likeness (QED) is 0.417. The van der Waals surface area contributed by atoms with E-state index in [0.717, 1.165) is 0 Å². The number of para-hydroxylation sites is 1. The first-order chi connectivity index (χ1) is 6.40. The Hall–Kier alpha value is -0.360. The predicted molar refractivity (Wildman–Crippen MR) is 47.2 cm³/mol. The van der Waals surface area contributed by atoms with Crippen LogP contribution in [-0.4, -0.2) is 20.9 Å². The third kappa shape index (κ3) is 4.79. The summed E-state index contributed by atoms with van der Waals surface area (Å²) in [6.07, 6.45) is 0. The number of phosphoric acid groups is 1. The fraction of sp³-hybridized carbons (Fsp3) is 0. The molecular weight excluding hydrogens is 234 g/mol. The number of carbonyl (C=O) groups is 1. The molecule has 0 aromatic heterocycles. The summed E-state index contributed by atoms with van der Waals surface area (Å²) in [5.41, 5.74) is -0.296. The van der Waals surface area contributed by atoms with E-state index in [2.05, 4.69) is 4.52 Å². The van der Waals surface area contributed by atoms with Crippen LogP contribution in [0.25, 0.3) is 0 Å². The molecule has 3 N–H and O–H groups in total.